The van der Waals surface area contributed by atoms with Crippen molar-refractivity contribution in [1.82, 2.24) is 0 Å². The van der Waals surface area contributed by atoms with E-state index in [0.29, 0.717) is 12.0 Å². The second kappa shape index (κ2) is 13.4. The lowest BCUT2D eigenvalue weighted by molar-refractivity contribution is -0.153. The Morgan fingerprint density at radius 1 is 0.808 bits per heavy atom. The van der Waals surface area contributed by atoms with Gasteiger partial charge in [-0.1, -0.05) is 70.1 Å². The monoisotopic (exact) mass is 362 g/mol. The predicted molar refractivity (Wildman–Crippen MR) is 104 cm³/mol. The third-order valence-corrected chi connectivity index (χ3v) is 4.52. The van der Waals surface area contributed by atoms with Crippen LogP contribution in [-0.2, 0) is 14.3 Å². The fourth-order valence-electron chi connectivity index (χ4n) is 2.67. The minimum absolute atomic E-state index is 0.217. The van der Waals surface area contributed by atoms with Gasteiger partial charge in [0.15, 0.2) is 0 Å². The summed E-state index contributed by atoms with van der Waals surface area (Å²) in [5.74, 6) is -0.616. The predicted octanol–water partition coefficient (Wildman–Crippen LogP) is 5.69. The maximum Gasteiger partial charge on any atom is 0.338 e. The molecule has 0 bridgehead atoms. The van der Waals surface area contributed by atoms with Crippen LogP contribution < -0.4 is 0 Å². The number of unbranched alkanes of at least 4 members (excludes halogenated alkanes) is 7. The minimum atomic E-state index is -0.481. The Hall–Kier alpha value is -1.84. The van der Waals surface area contributed by atoms with Gasteiger partial charge in [-0.05, 0) is 32.4 Å². The first-order valence-electron chi connectivity index (χ1n) is 10.00. The van der Waals surface area contributed by atoms with Crippen LogP contribution in [0.2, 0.25) is 0 Å². The molecule has 1 aromatic rings. The number of benzene rings is 1. The number of hydrogen-bond acceptors (Lipinski definition) is 4. The van der Waals surface area contributed by atoms with E-state index in [9.17, 15) is 9.59 Å². The number of hydrogen-bond donors (Lipinski definition) is 0. The highest BCUT2D eigenvalue weighted by Gasteiger charge is 2.21. The maximum absolute atomic E-state index is 12.0. The van der Waals surface area contributed by atoms with Crippen molar-refractivity contribution >= 4 is 11.9 Å². The van der Waals surface area contributed by atoms with Crippen LogP contribution in [-0.4, -0.2) is 24.1 Å². The molecule has 0 radical (unpaired) electrons. The van der Waals surface area contributed by atoms with Crippen molar-refractivity contribution in [2.24, 2.45) is 0 Å². The third kappa shape index (κ3) is 9.59. The van der Waals surface area contributed by atoms with Crippen molar-refractivity contribution < 1.29 is 19.1 Å². The first-order chi connectivity index (χ1) is 12.5. The van der Waals surface area contributed by atoms with E-state index in [2.05, 4.69) is 6.92 Å². The molecule has 0 aliphatic heterocycles. The molecule has 0 fully saturated rings. The molecule has 4 nitrogen and oxygen atoms in total. The van der Waals surface area contributed by atoms with Gasteiger partial charge in [-0.3, -0.25) is 4.79 Å². The molecular weight excluding hydrogens is 328 g/mol. The van der Waals surface area contributed by atoms with Crippen LogP contribution in [0.15, 0.2) is 30.3 Å². The van der Waals surface area contributed by atoms with Crippen molar-refractivity contribution in [3.05, 3.63) is 35.9 Å². The molecule has 0 aliphatic carbocycles. The van der Waals surface area contributed by atoms with E-state index >= 15 is 0 Å². The lowest BCUT2D eigenvalue weighted by atomic mass is 10.1. The van der Waals surface area contributed by atoms with Crippen LogP contribution in [0.5, 0.6) is 0 Å². The molecule has 0 saturated carbocycles. The topological polar surface area (TPSA) is 52.6 Å². The Balaban J connectivity index is 2.16. The molecule has 1 rings (SSSR count). The first kappa shape index (κ1) is 22.2. The molecular formula is C22H34O4. The van der Waals surface area contributed by atoms with Crippen LogP contribution in [0.4, 0.5) is 0 Å². The van der Waals surface area contributed by atoms with Crippen LogP contribution in [0.25, 0.3) is 0 Å². The fourth-order valence-corrected chi connectivity index (χ4v) is 2.67. The van der Waals surface area contributed by atoms with Gasteiger partial charge < -0.3 is 9.47 Å². The lowest BCUT2D eigenvalue weighted by Crippen LogP contribution is -2.30. The Morgan fingerprint density at radius 3 is 1.96 bits per heavy atom. The Kier molecular flexibility index (Phi) is 11.4. The van der Waals surface area contributed by atoms with Gasteiger partial charge in [0.25, 0.3) is 0 Å². The normalized spacial score (nSPS) is 13.0. The molecule has 1 aromatic carbocycles. The van der Waals surface area contributed by atoms with Crippen LogP contribution >= 0.6 is 0 Å². The molecule has 0 spiro atoms. The number of esters is 2. The Labute approximate surface area is 158 Å². The molecule has 146 valence electrons. The van der Waals surface area contributed by atoms with Gasteiger partial charge >= 0.3 is 11.9 Å². The molecule has 0 N–H and O–H groups in total. The van der Waals surface area contributed by atoms with Crippen molar-refractivity contribution in [3.63, 3.8) is 0 Å². The zero-order valence-corrected chi connectivity index (χ0v) is 16.5. The van der Waals surface area contributed by atoms with E-state index in [1.165, 1.54) is 38.5 Å². The zero-order chi connectivity index (χ0) is 19.2. The molecule has 0 saturated heterocycles. The second-order valence-corrected chi connectivity index (χ2v) is 6.90. The molecule has 0 heterocycles. The van der Waals surface area contributed by atoms with E-state index < -0.39 is 18.2 Å². The summed E-state index contributed by atoms with van der Waals surface area (Å²) in [6.45, 7) is 5.72. The third-order valence-electron chi connectivity index (χ3n) is 4.52. The highest BCUT2D eigenvalue weighted by Crippen LogP contribution is 2.12. The van der Waals surface area contributed by atoms with Gasteiger partial charge in [0.05, 0.1) is 5.56 Å². The Morgan fingerprint density at radius 2 is 1.35 bits per heavy atom. The largest absolute Gasteiger partial charge is 0.459 e. The van der Waals surface area contributed by atoms with Crippen molar-refractivity contribution in [1.29, 1.82) is 0 Å². The molecule has 0 aromatic heterocycles. The number of ether oxygens (including phenoxy) is 2. The van der Waals surface area contributed by atoms with Crippen LogP contribution in [0, 0.1) is 0 Å². The van der Waals surface area contributed by atoms with Crippen molar-refractivity contribution in [3.8, 4) is 0 Å². The van der Waals surface area contributed by atoms with Gasteiger partial charge in [-0.2, -0.15) is 0 Å². The minimum Gasteiger partial charge on any atom is -0.459 e. The summed E-state index contributed by atoms with van der Waals surface area (Å²) in [4.78, 5) is 23.9. The van der Waals surface area contributed by atoms with Crippen LogP contribution in [0.1, 0.15) is 88.9 Å². The second-order valence-electron chi connectivity index (χ2n) is 6.90. The van der Waals surface area contributed by atoms with Crippen molar-refractivity contribution in [2.45, 2.75) is 90.8 Å². The highest BCUT2D eigenvalue weighted by atomic mass is 16.6. The number of carbonyl (C=O) groups is 2. The van der Waals surface area contributed by atoms with E-state index in [4.69, 9.17) is 9.47 Å². The fraction of sp³-hybridized carbons (Fsp3) is 0.636. The van der Waals surface area contributed by atoms with Gasteiger partial charge in [0.2, 0.25) is 0 Å². The smallest absolute Gasteiger partial charge is 0.338 e. The molecule has 2 atom stereocenters. The average Bonchev–Trinajstić information content (AvgIpc) is 2.64. The van der Waals surface area contributed by atoms with Gasteiger partial charge in [0.1, 0.15) is 12.2 Å². The van der Waals surface area contributed by atoms with Gasteiger partial charge in [-0.15, -0.1) is 0 Å². The van der Waals surface area contributed by atoms with E-state index in [0.717, 1.165) is 12.8 Å². The standard InChI is InChI=1S/C22H34O4/c1-4-5-6-7-8-9-10-14-17-21(23)25-18(2)19(3)26-22(24)20-15-12-11-13-16-20/h11-13,15-16,18-19H,4-10,14,17H2,1-3H3. The van der Waals surface area contributed by atoms with E-state index in [-0.39, 0.29) is 5.97 Å². The molecule has 4 heteroatoms. The molecule has 26 heavy (non-hydrogen) atoms. The van der Waals surface area contributed by atoms with Crippen LogP contribution in [0.3, 0.4) is 0 Å². The summed E-state index contributed by atoms with van der Waals surface area (Å²) in [5, 5.41) is 0. The molecule has 0 aliphatic rings. The number of carbonyl (C=O) groups excluding carboxylic acids is 2. The summed E-state index contributed by atoms with van der Waals surface area (Å²) in [6.07, 6.45) is 9.03. The number of rotatable bonds is 13. The lowest BCUT2D eigenvalue weighted by Gasteiger charge is -2.20. The first-order valence-corrected chi connectivity index (χ1v) is 10.00. The summed E-state index contributed by atoms with van der Waals surface area (Å²) in [5.41, 5.74) is 0.497. The van der Waals surface area contributed by atoms with E-state index in [1.807, 2.05) is 6.07 Å². The summed E-state index contributed by atoms with van der Waals surface area (Å²) >= 11 is 0. The summed E-state index contributed by atoms with van der Waals surface area (Å²) in [7, 11) is 0. The highest BCUT2D eigenvalue weighted by molar-refractivity contribution is 5.89. The average molecular weight is 363 g/mol. The maximum atomic E-state index is 12.0. The van der Waals surface area contributed by atoms with Gasteiger partial charge in [0, 0.05) is 6.42 Å². The SMILES string of the molecule is CCCCCCCCCCC(=O)OC(C)C(C)OC(=O)c1ccccc1. The van der Waals surface area contributed by atoms with Gasteiger partial charge in [-0.25, -0.2) is 4.79 Å². The summed E-state index contributed by atoms with van der Waals surface area (Å²) in [6, 6.07) is 8.82. The quantitative estimate of drug-likeness (QED) is 0.334. The van der Waals surface area contributed by atoms with E-state index in [1.54, 1.807) is 38.1 Å². The zero-order valence-electron chi connectivity index (χ0n) is 16.5. The molecule has 0 amide bonds. The Bertz CT molecular complexity index is 512. The summed E-state index contributed by atoms with van der Waals surface area (Å²) < 4.78 is 10.8. The van der Waals surface area contributed by atoms with Crippen molar-refractivity contribution in [2.75, 3.05) is 0 Å². The molecule has 2 unspecified atom stereocenters.